The van der Waals surface area contributed by atoms with Gasteiger partial charge >= 0.3 is 7.82 Å². The number of hydrogen-bond donors (Lipinski definition) is 7. The van der Waals surface area contributed by atoms with E-state index in [1.165, 1.54) is 0 Å². The maximum Gasteiger partial charge on any atom is 0.472 e. The minimum absolute atomic E-state index is 0.670. The van der Waals surface area contributed by atoms with Crippen LogP contribution in [0, 0.1) is 0 Å². The van der Waals surface area contributed by atoms with Crippen molar-refractivity contribution >= 4 is 7.82 Å². The van der Waals surface area contributed by atoms with Gasteiger partial charge in [0, 0.05) is 0 Å². The first-order valence-corrected chi connectivity index (χ1v) is 5.93. The summed E-state index contributed by atoms with van der Waals surface area (Å²) in [5.74, 6) is -2.96. The molecule has 102 valence electrons. The molecular weight excluding hydrogens is 263 g/mol. The molecule has 1 aliphatic heterocycles. The van der Waals surface area contributed by atoms with Crippen LogP contribution in [0.3, 0.4) is 0 Å². The first-order chi connectivity index (χ1) is 7.58. The van der Waals surface area contributed by atoms with Crippen molar-refractivity contribution in [2.24, 2.45) is 0 Å². The van der Waals surface area contributed by atoms with Crippen LogP contribution in [0.5, 0.6) is 0 Å². The Kier molecular flexibility index (Phi) is 4.27. The van der Waals surface area contributed by atoms with Gasteiger partial charge in [0.25, 0.3) is 0 Å². The fourth-order valence-corrected chi connectivity index (χ4v) is 1.69. The molecule has 11 heteroatoms. The number of phosphoric acid groups is 1. The molecular formula is C6H13O10P. The van der Waals surface area contributed by atoms with E-state index in [1.54, 1.807) is 0 Å². The normalized spacial score (nSPS) is 41.2. The van der Waals surface area contributed by atoms with E-state index < -0.39 is 44.8 Å². The van der Waals surface area contributed by atoms with Gasteiger partial charge in [-0.3, -0.25) is 4.52 Å². The van der Waals surface area contributed by atoms with Crippen LogP contribution in [0.4, 0.5) is 0 Å². The van der Waals surface area contributed by atoms with Crippen molar-refractivity contribution < 1.29 is 49.1 Å². The minimum atomic E-state index is -5.14. The number of ether oxygens (including phenoxy) is 1. The molecule has 0 radical (unpaired) electrons. The van der Waals surface area contributed by atoms with Gasteiger partial charge in [0.1, 0.15) is 18.3 Å². The maximum atomic E-state index is 10.4. The highest BCUT2D eigenvalue weighted by Crippen LogP contribution is 2.41. The molecule has 0 aromatic rings. The third-order valence-electron chi connectivity index (χ3n) is 2.22. The first kappa shape index (κ1) is 14.9. The average molecular weight is 276 g/mol. The largest absolute Gasteiger partial charge is 0.472 e. The molecule has 17 heavy (non-hydrogen) atoms. The van der Waals surface area contributed by atoms with Crippen molar-refractivity contribution in [3.8, 4) is 0 Å². The van der Waals surface area contributed by atoms with Crippen LogP contribution in [0.2, 0.25) is 0 Å². The van der Waals surface area contributed by atoms with Crippen molar-refractivity contribution in [3.05, 3.63) is 0 Å². The average Bonchev–Trinajstić information content (AvgIpc) is 2.18. The second-order valence-corrected chi connectivity index (χ2v) is 4.71. The second kappa shape index (κ2) is 4.86. The zero-order chi connectivity index (χ0) is 13.4. The zero-order valence-electron chi connectivity index (χ0n) is 8.32. The quantitative estimate of drug-likeness (QED) is 0.200. The summed E-state index contributed by atoms with van der Waals surface area (Å²) in [7, 11) is -5.14. The predicted molar refractivity (Wildman–Crippen MR) is 48.1 cm³/mol. The van der Waals surface area contributed by atoms with Crippen molar-refractivity contribution in [3.63, 3.8) is 0 Å². The summed E-state index contributed by atoms with van der Waals surface area (Å²) in [6.45, 7) is -0.670. The first-order valence-electron chi connectivity index (χ1n) is 4.40. The lowest BCUT2D eigenvalue weighted by molar-refractivity contribution is -0.380. The van der Waals surface area contributed by atoms with Crippen molar-refractivity contribution in [2.45, 2.75) is 30.4 Å². The Hall–Kier alpha value is -0.130. The highest BCUT2D eigenvalue weighted by atomic mass is 31.2. The van der Waals surface area contributed by atoms with E-state index >= 15 is 0 Å². The molecule has 0 aromatic heterocycles. The molecule has 0 spiro atoms. The maximum absolute atomic E-state index is 10.4. The van der Waals surface area contributed by atoms with Gasteiger partial charge in [-0.05, 0) is 0 Å². The van der Waals surface area contributed by atoms with Gasteiger partial charge in [0.2, 0.25) is 12.1 Å². The molecule has 0 bridgehead atoms. The lowest BCUT2D eigenvalue weighted by Gasteiger charge is -2.43. The molecule has 1 fully saturated rings. The summed E-state index contributed by atoms with van der Waals surface area (Å²) in [5, 5.41) is 46.5. The number of hydrogen-bond acceptors (Lipinski definition) is 8. The SMILES string of the molecule is O=P(O)(O)OC(O)[C@@]1(O)OC[C@@H](O)[C@@H](O)[C@@H]1O. The Bertz CT molecular complexity index is 316. The smallest absolute Gasteiger partial charge is 0.388 e. The fourth-order valence-electron chi connectivity index (χ4n) is 1.28. The molecule has 1 unspecified atom stereocenters. The number of aliphatic hydroxyl groups is 5. The summed E-state index contributed by atoms with van der Waals surface area (Å²) in [6.07, 6.45) is -8.22. The van der Waals surface area contributed by atoms with Gasteiger partial charge < -0.3 is 40.1 Å². The van der Waals surface area contributed by atoms with Crippen molar-refractivity contribution in [2.75, 3.05) is 6.61 Å². The van der Waals surface area contributed by atoms with E-state index in [0.29, 0.717) is 0 Å². The Labute approximate surface area is 94.9 Å². The van der Waals surface area contributed by atoms with Crippen molar-refractivity contribution in [1.82, 2.24) is 0 Å². The number of phosphoric ester groups is 1. The Morgan fingerprint density at radius 2 is 1.88 bits per heavy atom. The lowest BCUT2D eigenvalue weighted by Crippen LogP contribution is -2.66. The van der Waals surface area contributed by atoms with Gasteiger partial charge in [-0.2, -0.15) is 0 Å². The molecule has 0 saturated carbocycles. The van der Waals surface area contributed by atoms with Crippen LogP contribution in [0.15, 0.2) is 0 Å². The van der Waals surface area contributed by atoms with E-state index in [-0.39, 0.29) is 0 Å². The lowest BCUT2D eigenvalue weighted by atomic mass is 9.96. The molecule has 1 heterocycles. The molecule has 10 nitrogen and oxygen atoms in total. The third kappa shape index (κ3) is 3.20. The molecule has 7 N–H and O–H groups in total. The van der Waals surface area contributed by atoms with E-state index in [2.05, 4.69) is 9.26 Å². The topological polar surface area (TPSA) is 177 Å². The second-order valence-electron chi connectivity index (χ2n) is 3.51. The minimum Gasteiger partial charge on any atom is -0.388 e. The number of rotatable bonds is 3. The predicted octanol–water partition coefficient (Wildman–Crippen LogP) is -3.78. The molecule has 1 aliphatic rings. The third-order valence-corrected chi connectivity index (χ3v) is 2.69. The zero-order valence-corrected chi connectivity index (χ0v) is 9.21. The van der Waals surface area contributed by atoms with Gasteiger partial charge in [0.15, 0.2) is 0 Å². The van der Waals surface area contributed by atoms with Gasteiger partial charge in [-0.15, -0.1) is 0 Å². The van der Waals surface area contributed by atoms with E-state index in [9.17, 15) is 25.0 Å². The van der Waals surface area contributed by atoms with Crippen LogP contribution < -0.4 is 0 Å². The van der Waals surface area contributed by atoms with E-state index in [1.807, 2.05) is 0 Å². The van der Waals surface area contributed by atoms with E-state index in [4.69, 9.17) is 14.9 Å². The molecule has 1 saturated heterocycles. The van der Waals surface area contributed by atoms with Gasteiger partial charge in [-0.1, -0.05) is 0 Å². The van der Waals surface area contributed by atoms with Crippen LogP contribution in [-0.4, -0.2) is 72.3 Å². The molecule has 0 amide bonds. The standard InChI is InChI=1S/C6H13O10P/c7-2-1-15-6(11,4(9)3(2)8)5(10)16-17(12,13)14/h2-5,7-11H,1H2,(H2,12,13,14)/t2-,3-,4+,5?,6+/m1/s1. The van der Waals surface area contributed by atoms with Gasteiger partial charge in [0.05, 0.1) is 6.61 Å². The van der Waals surface area contributed by atoms with Crippen molar-refractivity contribution in [1.29, 1.82) is 0 Å². The van der Waals surface area contributed by atoms with E-state index in [0.717, 1.165) is 0 Å². The summed E-state index contributed by atoms with van der Waals surface area (Å²) in [6, 6.07) is 0. The molecule has 5 atom stereocenters. The van der Waals surface area contributed by atoms with Crippen LogP contribution in [0.1, 0.15) is 0 Å². The highest BCUT2D eigenvalue weighted by Gasteiger charge is 2.55. The Morgan fingerprint density at radius 3 is 2.35 bits per heavy atom. The molecule has 1 rings (SSSR count). The van der Waals surface area contributed by atoms with Crippen LogP contribution in [-0.2, 0) is 13.8 Å². The number of aliphatic hydroxyl groups excluding tert-OH is 4. The Morgan fingerprint density at radius 1 is 1.35 bits per heavy atom. The van der Waals surface area contributed by atoms with Crippen LogP contribution >= 0.6 is 7.82 Å². The summed E-state index contributed by atoms with van der Waals surface area (Å²) in [4.78, 5) is 16.8. The highest BCUT2D eigenvalue weighted by molar-refractivity contribution is 7.46. The van der Waals surface area contributed by atoms with Gasteiger partial charge in [-0.25, -0.2) is 4.57 Å². The summed E-state index contributed by atoms with van der Waals surface area (Å²) >= 11 is 0. The molecule has 0 aliphatic carbocycles. The Balaban J connectivity index is 2.83. The molecule has 0 aromatic carbocycles. The van der Waals surface area contributed by atoms with Crippen LogP contribution in [0.25, 0.3) is 0 Å². The fraction of sp³-hybridized carbons (Fsp3) is 1.00. The monoisotopic (exact) mass is 276 g/mol. The summed E-state index contributed by atoms with van der Waals surface area (Å²) in [5.41, 5.74) is 0. The summed E-state index contributed by atoms with van der Waals surface area (Å²) < 4.78 is 18.6.